The lowest BCUT2D eigenvalue weighted by molar-refractivity contribution is -0.137. The van der Waals surface area contributed by atoms with Gasteiger partial charge < -0.3 is 20.3 Å². The van der Waals surface area contributed by atoms with Crippen LogP contribution in [0.1, 0.15) is 25.7 Å². The van der Waals surface area contributed by atoms with Crippen LogP contribution < -0.4 is 10.1 Å². The van der Waals surface area contributed by atoms with Crippen molar-refractivity contribution < 1.29 is 24.5 Å². The number of hydrogen-bond acceptors (Lipinski definition) is 4. The molecule has 0 heterocycles. The number of nitrogens with one attached hydrogen (secondary N) is 1. The van der Waals surface area contributed by atoms with Crippen LogP contribution in [0.5, 0.6) is 11.5 Å². The van der Waals surface area contributed by atoms with Crippen LogP contribution in [0.4, 0.5) is 5.69 Å². The van der Waals surface area contributed by atoms with E-state index in [0.717, 1.165) is 0 Å². The molecule has 0 spiro atoms. The molecule has 0 saturated heterocycles. The van der Waals surface area contributed by atoms with Gasteiger partial charge in [-0.05, 0) is 25.0 Å². The van der Waals surface area contributed by atoms with E-state index in [-0.39, 0.29) is 24.5 Å². The van der Waals surface area contributed by atoms with Crippen molar-refractivity contribution in [3.05, 3.63) is 18.2 Å². The van der Waals surface area contributed by atoms with E-state index in [2.05, 4.69) is 5.32 Å². The lowest BCUT2D eigenvalue weighted by Crippen LogP contribution is -2.11. The zero-order valence-electron chi connectivity index (χ0n) is 10.7. The second kappa shape index (κ2) is 7.25. The number of unbranched alkanes of at least 4 members (excludes halogenated alkanes) is 1. The number of hydrogen-bond donors (Lipinski definition) is 3. The summed E-state index contributed by atoms with van der Waals surface area (Å²) in [5.41, 5.74) is 0.474. The third kappa shape index (κ3) is 5.29. The van der Waals surface area contributed by atoms with Crippen LogP contribution in [-0.2, 0) is 9.59 Å². The number of aliphatic carboxylic acids is 1. The zero-order valence-corrected chi connectivity index (χ0v) is 10.7. The highest BCUT2D eigenvalue weighted by atomic mass is 16.5. The van der Waals surface area contributed by atoms with Crippen molar-refractivity contribution in [3.8, 4) is 11.5 Å². The first kappa shape index (κ1) is 14.8. The number of ether oxygens (including phenoxy) is 1. The molecule has 0 aromatic heterocycles. The number of amides is 1. The van der Waals surface area contributed by atoms with E-state index in [1.807, 2.05) is 0 Å². The Bertz CT molecular complexity index is 458. The van der Waals surface area contributed by atoms with Crippen molar-refractivity contribution >= 4 is 17.6 Å². The first-order valence-electron chi connectivity index (χ1n) is 5.91. The van der Waals surface area contributed by atoms with Gasteiger partial charge in [-0.1, -0.05) is 0 Å². The van der Waals surface area contributed by atoms with E-state index in [1.54, 1.807) is 12.1 Å². The summed E-state index contributed by atoms with van der Waals surface area (Å²) in [4.78, 5) is 21.8. The summed E-state index contributed by atoms with van der Waals surface area (Å²) >= 11 is 0. The Labute approximate surface area is 111 Å². The van der Waals surface area contributed by atoms with Gasteiger partial charge in [-0.25, -0.2) is 0 Å². The fraction of sp³-hybridized carbons (Fsp3) is 0.385. The molecule has 0 aliphatic heterocycles. The van der Waals surface area contributed by atoms with Crippen molar-refractivity contribution in [2.24, 2.45) is 0 Å². The normalized spacial score (nSPS) is 9.95. The lowest BCUT2D eigenvalue weighted by atomic mass is 10.2. The Morgan fingerprint density at radius 3 is 2.53 bits per heavy atom. The third-order valence-electron chi connectivity index (χ3n) is 2.51. The molecule has 104 valence electrons. The number of anilines is 1. The number of carbonyl (C=O) groups is 2. The van der Waals surface area contributed by atoms with Gasteiger partial charge in [0.1, 0.15) is 0 Å². The summed E-state index contributed by atoms with van der Waals surface area (Å²) < 4.78 is 4.89. The Kier molecular flexibility index (Phi) is 5.66. The standard InChI is InChI=1S/C13H17NO5/c1-19-11-7-6-9(8-10(11)15)14-12(16)4-2-3-5-13(17)18/h6-8,15H,2-5H2,1H3,(H,14,16)(H,17,18). The van der Waals surface area contributed by atoms with Crippen molar-refractivity contribution in [1.29, 1.82) is 0 Å². The van der Waals surface area contributed by atoms with Gasteiger partial charge in [-0.15, -0.1) is 0 Å². The van der Waals surface area contributed by atoms with Crippen LogP contribution in [0, 0.1) is 0 Å². The third-order valence-corrected chi connectivity index (χ3v) is 2.51. The molecule has 0 saturated carbocycles. The van der Waals surface area contributed by atoms with Crippen molar-refractivity contribution in [1.82, 2.24) is 0 Å². The van der Waals surface area contributed by atoms with Crippen LogP contribution >= 0.6 is 0 Å². The van der Waals surface area contributed by atoms with Gasteiger partial charge in [0.25, 0.3) is 0 Å². The molecule has 1 rings (SSSR count). The maximum Gasteiger partial charge on any atom is 0.303 e. The molecular weight excluding hydrogens is 250 g/mol. The van der Waals surface area contributed by atoms with E-state index < -0.39 is 5.97 Å². The quantitative estimate of drug-likeness (QED) is 0.656. The molecule has 1 amide bonds. The van der Waals surface area contributed by atoms with Crippen LogP contribution in [0.3, 0.4) is 0 Å². The fourth-order valence-electron chi connectivity index (χ4n) is 1.55. The number of rotatable bonds is 7. The predicted octanol–water partition coefficient (Wildman–Crippen LogP) is 1.98. The molecule has 1 aromatic carbocycles. The molecule has 0 fully saturated rings. The first-order valence-corrected chi connectivity index (χ1v) is 5.91. The molecule has 19 heavy (non-hydrogen) atoms. The number of carboxylic acid groups (broad SMARTS) is 1. The number of phenolic OH excluding ortho intramolecular Hbond substituents is 1. The van der Waals surface area contributed by atoms with Crippen LogP contribution in [-0.4, -0.2) is 29.2 Å². The number of phenols is 1. The maximum atomic E-state index is 11.6. The Hall–Kier alpha value is -2.24. The molecule has 0 aliphatic carbocycles. The average molecular weight is 267 g/mol. The van der Waals surface area contributed by atoms with E-state index in [0.29, 0.717) is 24.3 Å². The SMILES string of the molecule is COc1ccc(NC(=O)CCCCC(=O)O)cc1O. The van der Waals surface area contributed by atoms with E-state index in [4.69, 9.17) is 9.84 Å². The monoisotopic (exact) mass is 267 g/mol. The molecule has 0 radical (unpaired) electrons. The van der Waals surface area contributed by atoms with E-state index in [9.17, 15) is 14.7 Å². The van der Waals surface area contributed by atoms with Gasteiger partial charge in [-0.3, -0.25) is 9.59 Å². The van der Waals surface area contributed by atoms with Gasteiger partial charge in [0.2, 0.25) is 5.91 Å². The molecule has 3 N–H and O–H groups in total. The highest BCUT2D eigenvalue weighted by molar-refractivity contribution is 5.91. The van der Waals surface area contributed by atoms with Crippen LogP contribution in [0.25, 0.3) is 0 Å². The van der Waals surface area contributed by atoms with Crippen LogP contribution in [0.15, 0.2) is 18.2 Å². The first-order chi connectivity index (χ1) is 9.02. The number of carboxylic acids is 1. The van der Waals surface area contributed by atoms with Crippen molar-refractivity contribution in [3.63, 3.8) is 0 Å². The fourth-order valence-corrected chi connectivity index (χ4v) is 1.55. The number of methoxy groups -OCH3 is 1. The minimum atomic E-state index is -0.861. The smallest absolute Gasteiger partial charge is 0.303 e. The molecular formula is C13H17NO5. The average Bonchev–Trinajstić information content (AvgIpc) is 2.35. The number of carbonyl (C=O) groups excluding carboxylic acids is 1. The summed E-state index contributed by atoms with van der Waals surface area (Å²) in [5, 5.41) is 20.6. The molecule has 6 heteroatoms. The lowest BCUT2D eigenvalue weighted by Gasteiger charge is -2.07. The summed E-state index contributed by atoms with van der Waals surface area (Å²) in [7, 11) is 1.44. The minimum absolute atomic E-state index is 0.0498. The molecule has 0 aliphatic rings. The van der Waals surface area contributed by atoms with E-state index in [1.165, 1.54) is 13.2 Å². The van der Waals surface area contributed by atoms with Crippen molar-refractivity contribution in [2.75, 3.05) is 12.4 Å². The minimum Gasteiger partial charge on any atom is -0.504 e. The Morgan fingerprint density at radius 2 is 1.95 bits per heavy atom. The Balaban J connectivity index is 2.40. The largest absolute Gasteiger partial charge is 0.504 e. The molecule has 6 nitrogen and oxygen atoms in total. The molecule has 0 atom stereocenters. The van der Waals surface area contributed by atoms with Crippen LogP contribution in [0.2, 0.25) is 0 Å². The van der Waals surface area contributed by atoms with Gasteiger partial charge in [0, 0.05) is 24.6 Å². The number of aromatic hydroxyl groups is 1. The maximum absolute atomic E-state index is 11.6. The number of benzene rings is 1. The summed E-state index contributed by atoms with van der Waals surface area (Å²) in [6.45, 7) is 0. The van der Waals surface area contributed by atoms with E-state index >= 15 is 0 Å². The van der Waals surface area contributed by atoms with Gasteiger partial charge in [-0.2, -0.15) is 0 Å². The van der Waals surface area contributed by atoms with Gasteiger partial charge >= 0.3 is 5.97 Å². The van der Waals surface area contributed by atoms with Gasteiger partial charge in [0.15, 0.2) is 11.5 Å². The zero-order chi connectivity index (χ0) is 14.3. The summed E-state index contributed by atoms with van der Waals surface area (Å²) in [6.07, 6.45) is 1.30. The molecule has 0 bridgehead atoms. The highest BCUT2D eigenvalue weighted by Gasteiger charge is 2.06. The van der Waals surface area contributed by atoms with Gasteiger partial charge in [0.05, 0.1) is 7.11 Å². The topological polar surface area (TPSA) is 95.9 Å². The molecule has 1 aromatic rings. The predicted molar refractivity (Wildman–Crippen MR) is 69.4 cm³/mol. The second-order valence-corrected chi connectivity index (χ2v) is 4.04. The highest BCUT2D eigenvalue weighted by Crippen LogP contribution is 2.28. The molecule has 0 unspecified atom stereocenters. The summed E-state index contributed by atoms with van der Waals surface area (Å²) in [5.74, 6) is -0.791. The second-order valence-electron chi connectivity index (χ2n) is 4.04. The van der Waals surface area contributed by atoms with Crippen molar-refractivity contribution in [2.45, 2.75) is 25.7 Å². The Morgan fingerprint density at radius 1 is 1.26 bits per heavy atom. The summed E-state index contributed by atoms with van der Waals surface area (Å²) in [6, 6.07) is 4.57.